The third-order valence-electron chi connectivity index (χ3n) is 5.99. The van der Waals surface area contributed by atoms with Crippen molar-refractivity contribution in [2.24, 2.45) is 0 Å². The summed E-state index contributed by atoms with van der Waals surface area (Å²) in [4.78, 5) is 21.4. The molecule has 2 fully saturated rings. The maximum absolute atomic E-state index is 12.7. The highest BCUT2D eigenvalue weighted by atomic mass is 16.2. The SMILES string of the molecule is CCc1ccccc1NC(=O)N1CCN(c2ccc(N3CCN(C)CC3)nn2)CC1. The summed E-state index contributed by atoms with van der Waals surface area (Å²) < 4.78 is 0. The molecule has 0 bridgehead atoms. The van der Waals surface area contributed by atoms with Gasteiger partial charge in [-0.1, -0.05) is 25.1 Å². The van der Waals surface area contributed by atoms with Crippen molar-refractivity contribution in [3.63, 3.8) is 0 Å². The van der Waals surface area contributed by atoms with Crippen LogP contribution < -0.4 is 15.1 Å². The van der Waals surface area contributed by atoms with E-state index in [4.69, 9.17) is 0 Å². The Morgan fingerprint density at radius 2 is 1.43 bits per heavy atom. The molecule has 3 heterocycles. The molecule has 2 aromatic rings. The van der Waals surface area contributed by atoms with Crippen molar-refractivity contribution in [3.8, 4) is 0 Å². The third kappa shape index (κ3) is 4.64. The second-order valence-electron chi connectivity index (χ2n) is 7.96. The van der Waals surface area contributed by atoms with E-state index >= 15 is 0 Å². The summed E-state index contributed by atoms with van der Waals surface area (Å²) in [7, 11) is 2.15. The van der Waals surface area contributed by atoms with E-state index in [1.165, 1.54) is 0 Å². The zero-order valence-electron chi connectivity index (χ0n) is 17.9. The fourth-order valence-electron chi connectivity index (χ4n) is 3.97. The molecule has 0 atom stereocenters. The van der Waals surface area contributed by atoms with E-state index in [0.717, 1.165) is 68.6 Å². The maximum Gasteiger partial charge on any atom is 0.321 e. The van der Waals surface area contributed by atoms with Crippen molar-refractivity contribution in [3.05, 3.63) is 42.0 Å². The lowest BCUT2D eigenvalue weighted by molar-refractivity contribution is 0.208. The number of nitrogens with one attached hydrogen (secondary N) is 1. The molecule has 2 aliphatic heterocycles. The van der Waals surface area contributed by atoms with Gasteiger partial charge in [0, 0.05) is 58.0 Å². The van der Waals surface area contributed by atoms with Gasteiger partial charge in [-0.2, -0.15) is 0 Å². The van der Waals surface area contributed by atoms with Gasteiger partial charge in [0.1, 0.15) is 0 Å². The van der Waals surface area contributed by atoms with Crippen LogP contribution in [-0.4, -0.2) is 85.4 Å². The van der Waals surface area contributed by atoms with E-state index in [1.54, 1.807) is 0 Å². The average molecular weight is 410 g/mol. The Morgan fingerprint density at radius 3 is 2.00 bits per heavy atom. The fraction of sp³-hybridized carbons (Fsp3) is 0.500. The monoisotopic (exact) mass is 409 g/mol. The second kappa shape index (κ2) is 9.30. The number of carbonyl (C=O) groups is 1. The van der Waals surface area contributed by atoms with E-state index in [1.807, 2.05) is 29.2 Å². The van der Waals surface area contributed by atoms with Gasteiger partial charge in [0.2, 0.25) is 0 Å². The van der Waals surface area contributed by atoms with Crippen LogP contribution in [0.15, 0.2) is 36.4 Å². The quantitative estimate of drug-likeness (QED) is 0.835. The normalized spacial score (nSPS) is 17.9. The van der Waals surface area contributed by atoms with E-state index in [-0.39, 0.29) is 6.03 Å². The number of amides is 2. The number of aromatic nitrogens is 2. The average Bonchev–Trinajstić information content (AvgIpc) is 2.80. The van der Waals surface area contributed by atoms with Gasteiger partial charge < -0.3 is 24.9 Å². The van der Waals surface area contributed by atoms with Gasteiger partial charge in [-0.05, 0) is 37.2 Å². The van der Waals surface area contributed by atoms with Crippen LogP contribution >= 0.6 is 0 Å². The summed E-state index contributed by atoms with van der Waals surface area (Å²) in [6, 6.07) is 12.1. The number of aryl methyl sites for hydroxylation is 1. The van der Waals surface area contributed by atoms with Crippen LogP contribution in [-0.2, 0) is 6.42 Å². The zero-order valence-corrected chi connectivity index (χ0v) is 17.9. The summed E-state index contributed by atoms with van der Waals surface area (Å²) >= 11 is 0. The molecule has 0 radical (unpaired) electrons. The van der Waals surface area contributed by atoms with Crippen molar-refractivity contribution >= 4 is 23.4 Å². The Morgan fingerprint density at radius 1 is 0.867 bits per heavy atom. The minimum atomic E-state index is -0.0351. The molecule has 160 valence electrons. The lowest BCUT2D eigenvalue weighted by Gasteiger charge is -2.35. The summed E-state index contributed by atoms with van der Waals surface area (Å²) in [6.45, 7) is 9.02. The lowest BCUT2D eigenvalue weighted by atomic mass is 10.1. The van der Waals surface area contributed by atoms with Crippen molar-refractivity contribution in [1.29, 1.82) is 0 Å². The second-order valence-corrected chi connectivity index (χ2v) is 7.96. The van der Waals surface area contributed by atoms with E-state index < -0.39 is 0 Å². The summed E-state index contributed by atoms with van der Waals surface area (Å²) in [5, 5.41) is 12.0. The first-order chi connectivity index (χ1) is 14.6. The first kappa shape index (κ1) is 20.4. The number of piperazine rings is 2. The summed E-state index contributed by atoms with van der Waals surface area (Å²) in [5.74, 6) is 1.82. The van der Waals surface area contributed by atoms with E-state index in [2.05, 4.69) is 56.3 Å². The van der Waals surface area contributed by atoms with Crippen molar-refractivity contribution in [1.82, 2.24) is 20.0 Å². The highest BCUT2D eigenvalue weighted by Gasteiger charge is 2.23. The van der Waals surface area contributed by atoms with Gasteiger partial charge in [0.15, 0.2) is 11.6 Å². The zero-order chi connectivity index (χ0) is 20.9. The Balaban J connectivity index is 1.30. The van der Waals surface area contributed by atoms with Gasteiger partial charge in [0.25, 0.3) is 0 Å². The van der Waals surface area contributed by atoms with Gasteiger partial charge >= 0.3 is 6.03 Å². The summed E-state index contributed by atoms with van der Waals surface area (Å²) in [6.07, 6.45) is 0.896. The highest BCUT2D eigenvalue weighted by molar-refractivity contribution is 5.90. The molecule has 0 unspecified atom stereocenters. The van der Waals surface area contributed by atoms with E-state index in [9.17, 15) is 4.79 Å². The first-order valence-corrected chi connectivity index (χ1v) is 10.8. The molecule has 1 aromatic heterocycles. The molecule has 0 aliphatic carbocycles. The molecule has 8 heteroatoms. The fourth-order valence-corrected chi connectivity index (χ4v) is 3.97. The minimum absolute atomic E-state index is 0.0351. The topological polar surface area (TPSA) is 67.8 Å². The van der Waals surface area contributed by atoms with Crippen molar-refractivity contribution in [2.75, 3.05) is 74.5 Å². The number of carbonyl (C=O) groups excluding carboxylic acids is 1. The van der Waals surface area contributed by atoms with Crippen LogP contribution in [0.1, 0.15) is 12.5 Å². The van der Waals surface area contributed by atoms with Gasteiger partial charge in [-0.3, -0.25) is 0 Å². The van der Waals surface area contributed by atoms with Gasteiger partial charge in [-0.15, -0.1) is 10.2 Å². The number of rotatable bonds is 4. The number of para-hydroxylation sites is 1. The van der Waals surface area contributed by atoms with Crippen LogP contribution in [0.25, 0.3) is 0 Å². The number of anilines is 3. The number of urea groups is 1. The third-order valence-corrected chi connectivity index (χ3v) is 5.99. The number of nitrogens with zero attached hydrogens (tertiary/aromatic N) is 6. The predicted molar refractivity (Wildman–Crippen MR) is 120 cm³/mol. The van der Waals surface area contributed by atoms with Crippen molar-refractivity contribution in [2.45, 2.75) is 13.3 Å². The van der Waals surface area contributed by atoms with Crippen LogP contribution in [0.4, 0.5) is 22.1 Å². The van der Waals surface area contributed by atoms with Crippen molar-refractivity contribution < 1.29 is 4.79 Å². The minimum Gasteiger partial charge on any atom is -0.353 e. The Bertz CT molecular complexity index is 841. The standard InChI is InChI=1S/C22H31N7O/c1-3-18-6-4-5-7-19(18)23-22(30)29-16-14-28(15-17-29)21-9-8-20(24-25-21)27-12-10-26(2)11-13-27/h4-9H,3,10-17H2,1-2H3,(H,23,30). The van der Waals surface area contributed by atoms with Crippen LogP contribution in [0.3, 0.4) is 0 Å². The molecule has 8 nitrogen and oxygen atoms in total. The molecule has 2 saturated heterocycles. The molecule has 0 spiro atoms. The Kier molecular flexibility index (Phi) is 6.32. The van der Waals surface area contributed by atoms with Crippen LogP contribution in [0.5, 0.6) is 0 Å². The number of hydrogen-bond acceptors (Lipinski definition) is 6. The molecular formula is C22H31N7O. The van der Waals surface area contributed by atoms with Gasteiger partial charge in [-0.25, -0.2) is 4.79 Å². The van der Waals surface area contributed by atoms with Crippen LogP contribution in [0.2, 0.25) is 0 Å². The molecule has 1 aromatic carbocycles. The predicted octanol–water partition coefficient (Wildman–Crippen LogP) is 2.14. The first-order valence-electron chi connectivity index (χ1n) is 10.8. The van der Waals surface area contributed by atoms with Crippen LogP contribution in [0, 0.1) is 0 Å². The molecule has 2 amide bonds. The molecule has 0 saturated carbocycles. The molecule has 4 rings (SSSR count). The molecular weight excluding hydrogens is 378 g/mol. The van der Waals surface area contributed by atoms with E-state index in [0.29, 0.717) is 13.1 Å². The highest BCUT2D eigenvalue weighted by Crippen LogP contribution is 2.19. The number of likely N-dealkylation sites (N-methyl/N-ethyl adjacent to an activating group) is 1. The summed E-state index contributed by atoms with van der Waals surface area (Å²) in [5.41, 5.74) is 2.05. The maximum atomic E-state index is 12.7. The Labute approximate surface area is 178 Å². The largest absolute Gasteiger partial charge is 0.353 e. The molecule has 1 N–H and O–H groups in total. The lowest BCUT2D eigenvalue weighted by Crippen LogP contribution is -2.50. The Hall–Kier alpha value is -2.87. The molecule has 30 heavy (non-hydrogen) atoms. The molecule has 2 aliphatic rings. The van der Waals surface area contributed by atoms with Gasteiger partial charge in [0.05, 0.1) is 0 Å². The number of benzene rings is 1. The smallest absolute Gasteiger partial charge is 0.321 e. The number of hydrogen-bond donors (Lipinski definition) is 1.